The molecule has 92 valence electrons. The Kier molecular flexibility index (Phi) is 1.75. The standard InChI is InChI=1S/C19H11N/c1-2-7-15-13(4-1)10-17-19-16(15)9-8-12-5-3-6-14(11-20-17)18(12)19/h1-11H. The third-order valence-electron chi connectivity index (χ3n) is 4.22. The molecule has 0 saturated heterocycles. The molecule has 0 amide bonds. The molecule has 0 radical (unpaired) electrons. The van der Waals surface area contributed by atoms with Crippen LogP contribution in [0.15, 0.2) is 66.9 Å². The van der Waals surface area contributed by atoms with Crippen molar-refractivity contribution in [2.75, 3.05) is 0 Å². The van der Waals surface area contributed by atoms with Crippen molar-refractivity contribution in [3.8, 4) is 0 Å². The number of hydrogen-bond acceptors (Lipinski definition) is 1. The third-order valence-corrected chi connectivity index (χ3v) is 4.22. The van der Waals surface area contributed by atoms with Crippen LogP contribution >= 0.6 is 0 Å². The van der Waals surface area contributed by atoms with Crippen molar-refractivity contribution in [1.82, 2.24) is 4.98 Å². The van der Waals surface area contributed by atoms with E-state index in [4.69, 9.17) is 0 Å². The zero-order valence-corrected chi connectivity index (χ0v) is 10.8. The summed E-state index contributed by atoms with van der Waals surface area (Å²) in [5, 5.41) is 8.99. The highest BCUT2D eigenvalue weighted by Gasteiger charge is 2.10. The minimum absolute atomic E-state index is 1.09. The zero-order chi connectivity index (χ0) is 13.1. The summed E-state index contributed by atoms with van der Waals surface area (Å²) in [6, 6.07) is 21.6. The van der Waals surface area contributed by atoms with Crippen LogP contribution in [-0.2, 0) is 0 Å². The van der Waals surface area contributed by atoms with E-state index in [0.29, 0.717) is 0 Å². The summed E-state index contributed by atoms with van der Waals surface area (Å²) in [5.74, 6) is 0. The van der Waals surface area contributed by atoms with Crippen LogP contribution in [0.4, 0.5) is 0 Å². The molecule has 0 aliphatic carbocycles. The lowest BCUT2D eigenvalue weighted by atomic mass is 9.94. The van der Waals surface area contributed by atoms with Gasteiger partial charge in [-0.3, -0.25) is 4.98 Å². The van der Waals surface area contributed by atoms with Gasteiger partial charge in [0.15, 0.2) is 0 Å². The second kappa shape index (κ2) is 3.45. The van der Waals surface area contributed by atoms with E-state index in [-0.39, 0.29) is 0 Å². The Balaban J connectivity index is 2.23. The van der Waals surface area contributed by atoms with E-state index in [1.54, 1.807) is 0 Å². The van der Waals surface area contributed by atoms with E-state index in [1.165, 1.54) is 37.7 Å². The van der Waals surface area contributed by atoms with Gasteiger partial charge in [-0.15, -0.1) is 0 Å². The molecule has 0 unspecified atom stereocenters. The maximum Gasteiger partial charge on any atom is 0.0721 e. The van der Waals surface area contributed by atoms with Gasteiger partial charge >= 0.3 is 0 Å². The fourth-order valence-corrected chi connectivity index (χ4v) is 3.33. The molecule has 5 rings (SSSR count). The van der Waals surface area contributed by atoms with Crippen LogP contribution < -0.4 is 0 Å². The molecule has 1 aromatic heterocycles. The Bertz CT molecular complexity index is 1080. The number of aromatic nitrogens is 1. The summed E-state index contributed by atoms with van der Waals surface area (Å²) in [4.78, 5) is 4.66. The molecular formula is C19H11N. The van der Waals surface area contributed by atoms with Gasteiger partial charge < -0.3 is 0 Å². The average Bonchev–Trinajstić information content (AvgIpc) is 2.52. The van der Waals surface area contributed by atoms with Crippen molar-refractivity contribution in [3.63, 3.8) is 0 Å². The highest BCUT2D eigenvalue weighted by Crippen LogP contribution is 2.36. The first-order chi connectivity index (χ1) is 9.92. The molecule has 20 heavy (non-hydrogen) atoms. The van der Waals surface area contributed by atoms with E-state index in [9.17, 15) is 0 Å². The van der Waals surface area contributed by atoms with Crippen LogP contribution in [0.5, 0.6) is 0 Å². The largest absolute Gasteiger partial charge is 0.256 e. The van der Waals surface area contributed by atoms with Gasteiger partial charge in [-0.05, 0) is 27.6 Å². The number of rotatable bonds is 0. The Hall–Kier alpha value is -2.67. The maximum absolute atomic E-state index is 4.66. The molecule has 1 heteroatoms. The smallest absolute Gasteiger partial charge is 0.0721 e. The van der Waals surface area contributed by atoms with Crippen LogP contribution in [0.2, 0.25) is 0 Å². The Morgan fingerprint density at radius 2 is 1.45 bits per heavy atom. The summed E-state index contributed by atoms with van der Waals surface area (Å²) >= 11 is 0. The molecular weight excluding hydrogens is 242 g/mol. The number of hydrogen-bond donors (Lipinski definition) is 0. The van der Waals surface area contributed by atoms with Crippen LogP contribution in [0, 0.1) is 0 Å². The molecule has 1 nitrogen and oxygen atoms in total. The molecule has 0 saturated carbocycles. The topological polar surface area (TPSA) is 12.9 Å². The van der Waals surface area contributed by atoms with Crippen molar-refractivity contribution in [2.24, 2.45) is 0 Å². The van der Waals surface area contributed by atoms with Gasteiger partial charge in [-0.25, -0.2) is 0 Å². The fraction of sp³-hybridized carbons (Fsp3) is 0. The third kappa shape index (κ3) is 1.15. The Morgan fingerprint density at radius 3 is 2.45 bits per heavy atom. The van der Waals surface area contributed by atoms with E-state index in [0.717, 1.165) is 5.52 Å². The summed E-state index contributed by atoms with van der Waals surface area (Å²) in [6.45, 7) is 0. The van der Waals surface area contributed by atoms with Gasteiger partial charge in [0.1, 0.15) is 0 Å². The summed E-state index contributed by atoms with van der Waals surface area (Å²) < 4.78 is 0. The molecule has 0 atom stereocenters. The minimum Gasteiger partial charge on any atom is -0.256 e. The normalized spacial score (nSPS) is 12.0. The highest BCUT2D eigenvalue weighted by atomic mass is 14.6. The maximum atomic E-state index is 4.66. The molecule has 0 spiro atoms. The first-order valence-electron chi connectivity index (χ1n) is 6.83. The molecule has 1 heterocycles. The quantitative estimate of drug-likeness (QED) is 0.275. The predicted molar refractivity (Wildman–Crippen MR) is 85.4 cm³/mol. The van der Waals surface area contributed by atoms with E-state index in [1.807, 2.05) is 6.20 Å². The van der Waals surface area contributed by atoms with Gasteiger partial charge in [-0.1, -0.05) is 54.6 Å². The van der Waals surface area contributed by atoms with Crippen molar-refractivity contribution in [2.45, 2.75) is 0 Å². The highest BCUT2D eigenvalue weighted by molar-refractivity contribution is 6.27. The lowest BCUT2D eigenvalue weighted by Gasteiger charge is -2.12. The van der Waals surface area contributed by atoms with Gasteiger partial charge in [-0.2, -0.15) is 0 Å². The summed E-state index contributed by atoms with van der Waals surface area (Å²) in [5.41, 5.74) is 1.09. The first kappa shape index (κ1) is 10.2. The van der Waals surface area contributed by atoms with Crippen LogP contribution in [-0.4, -0.2) is 4.98 Å². The molecule has 0 N–H and O–H groups in total. The second-order valence-corrected chi connectivity index (χ2v) is 5.31. The molecule has 0 fully saturated rings. The monoisotopic (exact) mass is 253 g/mol. The Labute approximate surface area is 115 Å². The lowest BCUT2D eigenvalue weighted by Crippen LogP contribution is -1.87. The lowest BCUT2D eigenvalue weighted by molar-refractivity contribution is 1.45. The summed E-state index contributed by atoms with van der Waals surface area (Å²) in [6.07, 6.45) is 1.98. The SMILES string of the molecule is c1ccc2c(c1)cc1ncc3cccc4ccc2c1c43. The van der Waals surface area contributed by atoms with E-state index in [2.05, 4.69) is 65.6 Å². The van der Waals surface area contributed by atoms with Crippen molar-refractivity contribution >= 4 is 43.2 Å². The zero-order valence-electron chi connectivity index (χ0n) is 10.8. The molecule has 0 aliphatic rings. The van der Waals surface area contributed by atoms with Gasteiger partial charge in [0.25, 0.3) is 0 Å². The van der Waals surface area contributed by atoms with Crippen molar-refractivity contribution < 1.29 is 0 Å². The number of benzene rings is 4. The minimum atomic E-state index is 1.09. The second-order valence-electron chi connectivity index (χ2n) is 5.31. The summed E-state index contributed by atoms with van der Waals surface area (Å²) in [7, 11) is 0. The van der Waals surface area contributed by atoms with Gasteiger partial charge in [0.2, 0.25) is 0 Å². The number of nitrogens with zero attached hydrogens (tertiary/aromatic N) is 1. The van der Waals surface area contributed by atoms with Crippen LogP contribution in [0.25, 0.3) is 43.2 Å². The van der Waals surface area contributed by atoms with Crippen molar-refractivity contribution in [3.05, 3.63) is 66.9 Å². The van der Waals surface area contributed by atoms with Gasteiger partial charge in [0.05, 0.1) is 5.52 Å². The average molecular weight is 253 g/mol. The van der Waals surface area contributed by atoms with E-state index >= 15 is 0 Å². The molecule has 5 aromatic rings. The van der Waals surface area contributed by atoms with Crippen molar-refractivity contribution in [1.29, 1.82) is 0 Å². The molecule has 0 aliphatic heterocycles. The molecule has 0 bridgehead atoms. The molecule has 4 aromatic carbocycles. The fourth-order valence-electron chi connectivity index (χ4n) is 3.33. The van der Waals surface area contributed by atoms with Crippen LogP contribution in [0.3, 0.4) is 0 Å². The first-order valence-corrected chi connectivity index (χ1v) is 6.83. The number of fused-ring (bicyclic) bond motifs is 2. The Morgan fingerprint density at radius 1 is 0.600 bits per heavy atom. The predicted octanol–water partition coefficient (Wildman–Crippen LogP) is 5.13. The van der Waals surface area contributed by atoms with Gasteiger partial charge in [0, 0.05) is 22.4 Å². The number of pyridine rings is 1. The van der Waals surface area contributed by atoms with Crippen LogP contribution in [0.1, 0.15) is 0 Å². The van der Waals surface area contributed by atoms with E-state index < -0.39 is 0 Å².